The van der Waals surface area contributed by atoms with Crippen LogP contribution in [-0.2, 0) is 0 Å². The fourth-order valence-corrected chi connectivity index (χ4v) is 0.601. The van der Waals surface area contributed by atoms with Crippen LogP contribution in [-0.4, -0.2) is 5.93 Å². The third-order valence-electron chi connectivity index (χ3n) is 0.634. The molecule has 0 nitrogen and oxygen atoms in total. The van der Waals surface area contributed by atoms with Crippen molar-refractivity contribution in [3.8, 4) is 0 Å². The highest BCUT2D eigenvalue weighted by molar-refractivity contribution is 9.40. The highest BCUT2D eigenvalue weighted by Gasteiger charge is 2.40. The van der Waals surface area contributed by atoms with Crippen molar-refractivity contribution in [2.45, 2.75) is 5.93 Å². The lowest BCUT2D eigenvalue weighted by Crippen LogP contribution is -2.25. The largest absolute Gasteiger partial charge is 0.167 e. The molecular weight excluding hydrogens is 403 g/mol. The van der Waals surface area contributed by atoms with E-state index < -0.39 is 5.93 Å². The molecule has 9 heavy (non-hydrogen) atoms. The van der Waals surface area contributed by atoms with Crippen molar-refractivity contribution in [1.29, 1.82) is 0 Å². The Kier molecular flexibility index (Phi) is 4.34. The molecule has 0 amide bonds. The number of allylic oxidation sites excluding steroid dienone is 1. The number of hydrogen-bond acceptors (Lipinski definition) is 0. The molecule has 0 aliphatic rings. The van der Waals surface area contributed by atoms with Crippen LogP contribution in [0.2, 0.25) is 0 Å². The van der Waals surface area contributed by atoms with E-state index in [4.69, 9.17) is 11.6 Å². The van der Waals surface area contributed by atoms with Crippen LogP contribution in [0.5, 0.6) is 0 Å². The first-order valence-electron chi connectivity index (χ1n) is 1.89. The summed E-state index contributed by atoms with van der Waals surface area (Å²) in [7, 11) is 0. The highest BCUT2D eigenvalue weighted by atomic mass is 80.0. The monoisotopic (exact) mass is 402 g/mol. The van der Waals surface area contributed by atoms with Gasteiger partial charge >= 0.3 is 0 Å². The predicted molar refractivity (Wildman–Crippen MR) is 57.2 cm³/mol. The summed E-state index contributed by atoms with van der Waals surface area (Å²) in [5, 5.41) is 0. The molecule has 0 heterocycles. The van der Waals surface area contributed by atoms with Gasteiger partial charge in [0.1, 0.15) is 0 Å². The van der Waals surface area contributed by atoms with Gasteiger partial charge in [-0.3, -0.25) is 0 Å². The number of halogens is 5. The molecule has 0 aromatic heterocycles. The molecule has 0 aromatic carbocycles. The molecule has 0 spiro atoms. The molecule has 0 aliphatic heterocycles. The van der Waals surface area contributed by atoms with Gasteiger partial charge in [0, 0.05) is 0 Å². The summed E-state index contributed by atoms with van der Waals surface area (Å²) in [6, 6.07) is 0. The first-order chi connectivity index (χ1) is 3.81. The Bertz CT molecular complexity index is 114. The molecule has 0 aliphatic carbocycles. The zero-order valence-electron chi connectivity index (χ0n) is 4.17. The molecular formula is C4H3Br4Cl. The Morgan fingerprint density at radius 2 is 1.56 bits per heavy atom. The van der Waals surface area contributed by atoms with E-state index in [-0.39, 0.29) is 0 Å². The van der Waals surface area contributed by atoms with E-state index in [1.807, 2.05) is 0 Å². The first kappa shape index (κ1) is 11.0. The van der Waals surface area contributed by atoms with Crippen molar-refractivity contribution in [2.24, 2.45) is 0 Å². The second kappa shape index (κ2) is 3.57. The second-order valence-electron chi connectivity index (χ2n) is 1.32. The molecule has 0 saturated heterocycles. The summed E-state index contributed by atoms with van der Waals surface area (Å²) in [5.41, 5.74) is 0. The molecule has 0 radical (unpaired) electrons. The van der Waals surface area contributed by atoms with Gasteiger partial charge in [0.05, 0.1) is 0 Å². The zero-order chi connectivity index (χ0) is 7.71. The average Bonchev–Trinajstić information content (AvgIpc) is 1.64. The summed E-state index contributed by atoms with van der Waals surface area (Å²) in [4.78, 5) is 0. The van der Waals surface area contributed by atoms with Crippen molar-refractivity contribution in [3.05, 3.63) is 12.7 Å². The van der Waals surface area contributed by atoms with Crippen molar-refractivity contribution in [3.63, 3.8) is 0 Å². The lowest BCUT2D eigenvalue weighted by atomic mass is 10.5. The normalized spacial score (nSPS) is 18.8. The molecule has 1 unspecified atom stereocenters. The van der Waals surface area contributed by atoms with Crippen LogP contribution in [0.4, 0.5) is 0 Å². The quantitative estimate of drug-likeness (QED) is 0.449. The average molecular weight is 406 g/mol. The minimum Gasteiger partial charge on any atom is -0.100 e. The molecule has 0 fully saturated rings. The second-order valence-corrected chi connectivity index (χ2v) is 10.4. The topological polar surface area (TPSA) is 0 Å². The summed E-state index contributed by atoms with van der Waals surface area (Å²) >= 11 is 18.8. The third kappa shape index (κ3) is 3.23. The number of alkyl halides is 5. The van der Waals surface area contributed by atoms with Gasteiger partial charge in [-0.1, -0.05) is 81.4 Å². The van der Waals surface area contributed by atoms with Gasteiger partial charge < -0.3 is 0 Å². The van der Waals surface area contributed by atoms with E-state index in [2.05, 4.69) is 70.3 Å². The van der Waals surface area contributed by atoms with Crippen LogP contribution in [0.1, 0.15) is 0 Å². The zero-order valence-corrected chi connectivity index (χ0v) is 11.3. The number of hydrogen-bond donors (Lipinski definition) is 0. The maximum absolute atomic E-state index is 5.85. The van der Waals surface area contributed by atoms with Crippen LogP contribution in [0.25, 0.3) is 0 Å². The highest BCUT2D eigenvalue weighted by Crippen LogP contribution is 2.51. The van der Waals surface area contributed by atoms with Gasteiger partial charge in [0.2, 0.25) is 0 Å². The first-order valence-corrected chi connectivity index (χ1v) is 5.44. The van der Waals surface area contributed by atoms with E-state index in [0.29, 0.717) is 0 Å². The van der Waals surface area contributed by atoms with Crippen LogP contribution < -0.4 is 0 Å². The summed E-state index contributed by atoms with van der Waals surface area (Å²) < 4.78 is -1.27. The fraction of sp³-hybridized carbons (Fsp3) is 0.500. The van der Waals surface area contributed by atoms with Gasteiger partial charge in [-0.05, 0) is 0 Å². The van der Waals surface area contributed by atoms with Crippen LogP contribution >= 0.6 is 75.3 Å². The molecule has 5 heteroatoms. The van der Waals surface area contributed by atoms with E-state index >= 15 is 0 Å². The van der Waals surface area contributed by atoms with Crippen molar-refractivity contribution >= 4 is 75.3 Å². The molecule has 54 valence electrons. The van der Waals surface area contributed by atoms with E-state index in [1.54, 1.807) is 6.08 Å². The Morgan fingerprint density at radius 3 is 1.56 bits per heavy atom. The molecule has 1 atom stereocenters. The fourth-order valence-electron chi connectivity index (χ4n) is 0.116. The van der Waals surface area contributed by atoms with Crippen molar-refractivity contribution < 1.29 is 0 Å². The van der Waals surface area contributed by atoms with Crippen LogP contribution in [0.15, 0.2) is 12.7 Å². The van der Waals surface area contributed by atoms with Gasteiger partial charge in [-0.15, -0.1) is 6.58 Å². The Labute approximate surface area is 92.9 Å². The Hall–Kier alpha value is 1.95. The van der Waals surface area contributed by atoms with Crippen molar-refractivity contribution in [2.75, 3.05) is 0 Å². The van der Waals surface area contributed by atoms with E-state index in [9.17, 15) is 0 Å². The van der Waals surface area contributed by atoms with Crippen LogP contribution in [0.3, 0.4) is 0 Å². The number of rotatable bonds is 1. The van der Waals surface area contributed by atoms with E-state index in [0.717, 1.165) is 0 Å². The SMILES string of the molecule is C=CC(Cl)(Br)C(Br)(Br)Br. The molecule has 0 bridgehead atoms. The molecule has 0 saturated carbocycles. The summed E-state index contributed by atoms with van der Waals surface area (Å²) in [6.07, 6.45) is 1.56. The lowest BCUT2D eigenvalue weighted by Gasteiger charge is -2.24. The smallest absolute Gasteiger partial charge is 0.100 e. The lowest BCUT2D eigenvalue weighted by molar-refractivity contribution is 1.12. The standard InChI is InChI=1S/C4H3Br4Cl/c1-2-3(5,9)4(6,7)8/h2H,1H2. The molecule has 0 rings (SSSR count). The minimum atomic E-state index is -0.722. The maximum Gasteiger partial charge on any atom is 0.167 e. The van der Waals surface area contributed by atoms with Gasteiger partial charge in [0.15, 0.2) is 5.93 Å². The third-order valence-corrected chi connectivity index (χ3v) is 6.15. The molecule has 0 N–H and O–H groups in total. The Morgan fingerprint density at radius 1 is 1.22 bits per heavy atom. The van der Waals surface area contributed by atoms with Crippen molar-refractivity contribution in [1.82, 2.24) is 0 Å². The predicted octanol–water partition coefficient (Wildman–Crippen LogP) is 4.34. The summed E-state index contributed by atoms with van der Waals surface area (Å²) in [6.45, 7) is 3.53. The Balaban J connectivity index is 4.32. The van der Waals surface area contributed by atoms with E-state index in [1.165, 1.54) is 0 Å². The van der Waals surface area contributed by atoms with Crippen LogP contribution in [0, 0.1) is 0 Å². The minimum absolute atomic E-state index is 0.552. The van der Waals surface area contributed by atoms with Gasteiger partial charge in [-0.2, -0.15) is 0 Å². The maximum atomic E-state index is 5.85. The molecule has 0 aromatic rings. The summed E-state index contributed by atoms with van der Waals surface area (Å²) in [5.74, 6) is 0. The van der Waals surface area contributed by atoms with Gasteiger partial charge in [-0.25, -0.2) is 0 Å². The van der Waals surface area contributed by atoms with Gasteiger partial charge in [0.25, 0.3) is 0 Å².